The number of nitro benzene ring substituents is 1. The quantitative estimate of drug-likeness (QED) is 0.184. The molecule has 3 aromatic rings. The lowest BCUT2D eigenvalue weighted by molar-refractivity contribution is -0.384. The first-order valence-corrected chi connectivity index (χ1v) is 11.2. The number of anilines is 1. The van der Waals surface area contributed by atoms with Crippen LogP contribution in [-0.4, -0.2) is 35.1 Å². The highest BCUT2D eigenvalue weighted by atomic mass is 32.2. The molecule has 11 nitrogen and oxygen atoms in total. The molecule has 0 aliphatic carbocycles. The Hall–Kier alpha value is -4.42. The molecule has 1 saturated heterocycles. The number of nitro groups is 1. The second-order valence-corrected chi connectivity index (χ2v) is 8.85. The van der Waals surface area contributed by atoms with E-state index in [1.54, 1.807) is 12.1 Å². The predicted molar refractivity (Wildman–Crippen MR) is 120 cm³/mol. The minimum atomic E-state index is -3.98. The Bertz CT molecular complexity index is 1430. The Labute approximate surface area is 193 Å². The number of pyridine rings is 1. The number of nitrogens with zero attached hydrogens (tertiary/aromatic N) is 3. The van der Waals surface area contributed by atoms with Gasteiger partial charge in [0.2, 0.25) is 10.0 Å². The van der Waals surface area contributed by atoms with Crippen molar-refractivity contribution in [2.75, 3.05) is 4.90 Å². The molecule has 12 heteroatoms. The van der Waals surface area contributed by atoms with E-state index in [0.717, 1.165) is 4.90 Å². The zero-order valence-corrected chi connectivity index (χ0v) is 18.0. The van der Waals surface area contributed by atoms with Gasteiger partial charge in [0.15, 0.2) is 0 Å². The Morgan fingerprint density at radius 1 is 1.00 bits per heavy atom. The number of carbonyl (C=O) groups excluding carboxylic acids is 2. The molecule has 1 aromatic heterocycles. The smallest absolute Gasteiger partial charge is 0.300 e. The fourth-order valence-corrected chi connectivity index (χ4v) is 4.17. The molecule has 1 aliphatic heterocycles. The second kappa shape index (κ2) is 8.50. The normalized spacial score (nSPS) is 17.7. The molecular formula is C22H16N4O7S. The van der Waals surface area contributed by atoms with E-state index >= 15 is 0 Å². The maximum atomic E-state index is 13.0. The van der Waals surface area contributed by atoms with E-state index in [2.05, 4.69) is 4.98 Å². The average molecular weight is 480 g/mol. The number of aromatic nitrogens is 1. The highest BCUT2D eigenvalue weighted by molar-refractivity contribution is 7.89. The largest absolute Gasteiger partial charge is 0.507 e. The van der Waals surface area contributed by atoms with Gasteiger partial charge >= 0.3 is 0 Å². The van der Waals surface area contributed by atoms with Gasteiger partial charge in [-0.2, -0.15) is 0 Å². The van der Waals surface area contributed by atoms with Crippen molar-refractivity contribution in [2.45, 2.75) is 10.9 Å². The van der Waals surface area contributed by atoms with E-state index in [1.807, 2.05) is 0 Å². The number of primary sulfonamides is 1. The van der Waals surface area contributed by atoms with Crippen LogP contribution in [0.3, 0.4) is 0 Å². The third kappa shape index (κ3) is 4.02. The Kier molecular flexibility index (Phi) is 5.69. The highest BCUT2D eigenvalue weighted by Gasteiger charge is 2.47. The van der Waals surface area contributed by atoms with Crippen LogP contribution < -0.4 is 10.0 Å². The van der Waals surface area contributed by atoms with Gasteiger partial charge in [0.05, 0.1) is 21.4 Å². The van der Waals surface area contributed by atoms with Crippen LogP contribution in [0, 0.1) is 10.1 Å². The van der Waals surface area contributed by atoms with Crippen LogP contribution in [0.15, 0.2) is 83.5 Å². The van der Waals surface area contributed by atoms with Crippen molar-refractivity contribution in [1.82, 2.24) is 4.98 Å². The first-order valence-electron chi connectivity index (χ1n) is 9.68. The van der Waals surface area contributed by atoms with E-state index in [1.165, 1.54) is 60.9 Å². The van der Waals surface area contributed by atoms with Gasteiger partial charge < -0.3 is 5.11 Å². The zero-order valence-electron chi connectivity index (χ0n) is 17.2. The Morgan fingerprint density at radius 2 is 1.59 bits per heavy atom. The van der Waals surface area contributed by atoms with Crippen molar-refractivity contribution in [3.05, 3.63) is 99.9 Å². The van der Waals surface area contributed by atoms with Crippen molar-refractivity contribution in [1.29, 1.82) is 0 Å². The molecule has 172 valence electrons. The number of nitrogens with two attached hydrogens (primary N) is 1. The summed E-state index contributed by atoms with van der Waals surface area (Å²) in [6.45, 7) is 0. The number of hydrogen-bond acceptors (Lipinski definition) is 8. The van der Waals surface area contributed by atoms with Crippen LogP contribution in [-0.2, 0) is 19.6 Å². The van der Waals surface area contributed by atoms with Gasteiger partial charge in [-0.1, -0.05) is 0 Å². The monoisotopic (exact) mass is 480 g/mol. The fourth-order valence-electron chi connectivity index (χ4n) is 3.65. The molecule has 0 spiro atoms. The molecule has 3 N–H and O–H groups in total. The van der Waals surface area contributed by atoms with Crippen molar-refractivity contribution in [2.24, 2.45) is 5.14 Å². The lowest BCUT2D eigenvalue weighted by atomic mass is 9.95. The van der Waals surface area contributed by atoms with E-state index < -0.39 is 38.4 Å². The van der Waals surface area contributed by atoms with Crippen LogP contribution in [0.2, 0.25) is 0 Å². The molecule has 0 radical (unpaired) electrons. The summed E-state index contributed by atoms with van der Waals surface area (Å²) in [4.78, 5) is 41.3. The molecule has 4 rings (SSSR count). The van der Waals surface area contributed by atoms with Crippen molar-refractivity contribution >= 4 is 38.8 Å². The lowest BCUT2D eigenvalue weighted by Gasteiger charge is -2.25. The molecule has 2 aromatic carbocycles. The molecular weight excluding hydrogens is 464 g/mol. The maximum absolute atomic E-state index is 13.0. The van der Waals surface area contributed by atoms with Gasteiger partial charge in [0.25, 0.3) is 17.4 Å². The van der Waals surface area contributed by atoms with Gasteiger partial charge in [0.1, 0.15) is 5.76 Å². The molecule has 1 aliphatic rings. The Balaban J connectivity index is 1.88. The number of Topliss-reactive ketones (excluding diaryl/α,β-unsaturated/α-hetero) is 1. The number of sulfonamides is 1. The maximum Gasteiger partial charge on any atom is 0.300 e. The van der Waals surface area contributed by atoms with E-state index in [-0.39, 0.29) is 27.4 Å². The first-order chi connectivity index (χ1) is 16.1. The Morgan fingerprint density at radius 3 is 2.12 bits per heavy atom. The topological polar surface area (TPSA) is 174 Å². The molecule has 34 heavy (non-hydrogen) atoms. The van der Waals surface area contributed by atoms with Crippen LogP contribution in [0.4, 0.5) is 11.4 Å². The number of aliphatic hydroxyl groups is 1. The number of rotatable bonds is 5. The number of non-ortho nitro benzene ring substituents is 1. The number of amides is 1. The summed E-state index contributed by atoms with van der Waals surface area (Å²) in [7, 11) is -3.98. The summed E-state index contributed by atoms with van der Waals surface area (Å²) in [5.41, 5.74) is 0.303. The number of aliphatic hydroxyl groups excluding tert-OH is 1. The summed E-state index contributed by atoms with van der Waals surface area (Å²) in [6, 6.07) is 12.0. The molecule has 0 bridgehead atoms. The average Bonchev–Trinajstić information content (AvgIpc) is 3.09. The number of benzene rings is 2. The molecule has 1 amide bonds. The predicted octanol–water partition coefficient (Wildman–Crippen LogP) is 2.26. The van der Waals surface area contributed by atoms with E-state index in [9.17, 15) is 33.2 Å². The van der Waals surface area contributed by atoms with Crippen LogP contribution in [0.1, 0.15) is 17.2 Å². The first kappa shape index (κ1) is 22.8. The van der Waals surface area contributed by atoms with E-state index in [4.69, 9.17) is 5.14 Å². The minimum absolute atomic E-state index is 0.104. The van der Waals surface area contributed by atoms with Gasteiger partial charge in [-0.25, -0.2) is 13.6 Å². The van der Waals surface area contributed by atoms with Crippen LogP contribution in [0.25, 0.3) is 5.76 Å². The summed E-state index contributed by atoms with van der Waals surface area (Å²) in [5, 5.41) is 27.0. The van der Waals surface area contributed by atoms with Crippen LogP contribution >= 0.6 is 0 Å². The van der Waals surface area contributed by atoms with Gasteiger partial charge in [-0.15, -0.1) is 0 Å². The van der Waals surface area contributed by atoms with Gasteiger partial charge in [-0.3, -0.25) is 29.6 Å². The number of ketones is 1. The van der Waals surface area contributed by atoms with Gasteiger partial charge in [-0.05, 0) is 54.1 Å². The molecule has 1 atom stereocenters. The fraction of sp³-hybridized carbons (Fsp3) is 0.0455. The SMILES string of the molecule is NS(=O)(=O)c1ccc(N2C(=O)C(=O)/C(=C(/O)c3ccc([N+](=O)[O-])cc3)C2c2ccncc2)cc1. The summed E-state index contributed by atoms with van der Waals surface area (Å²) < 4.78 is 23.2. The minimum Gasteiger partial charge on any atom is -0.507 e. The standard InChI is InChI=1S/C22H16N4O7S/c23-34(32,33)17-7-5-15(6-8-17)25-19(13-9-11-24-12-10-13)18(21(28)22(25)29)20(27)14-1-3-16(4-2-14)26(30)31/h1-12,19,27H,(H2,23,32,33)/b20-18+. The summed E-state index contributed by atoms with van der Waals surface area (Å²) >= 11 is 0. The molecule has 1 unspecified atom stereocenters. The van der Waals surface area contributed by atoms with Crippen molar-refractivity contribution < 1.29 is 28.0 Å². The summed E-state index contributed by atoms with van der Waals surface area (Å²) in [6.07, 6.45) is 2.90. The number of hydrogen-bond donors (Lipinski definition) is 2. The van der Waals surface area contributed by atoms with Crippen molar-refractivity contribution in [3.63, 3.8) is 0 Å². The van der Waals surface area contributed by atoms with E-state index in [0.29, 0.717) is 5.56 Å². The summed E-state index contributed by atoms with van der Waals surface area (Å²) in [5.74, 6) is -2.44. The van der Waals surface area contributed by atoms with Crippen molar-refractivity contribution in [3.8, 4) is 0 Å². The van der Waals surface area contributed by atoms with Crippen LogP contribution in [0.5, 0.6) is 0 Å². The number of carbonyl (C=O) groups is 2. The van der Waals surface area contributed by atoms with Gasteiger partial charge in [0, 0.05) is 35.8 Å². The molecule has 1 fully saturated rings. The molecule has 2 heterocycles. The highest BCUT2D eigenvalue weighted by Crippen LogP contribution is 2.42. The molecule has 0 saturated carbocycles. The zero-order chi connectivity index (χ0) is 24.6. The third-order valence-corrected chi connectivity index (χ3v) is 6.19. The lowest BCUT2D eigenvalue weighted by Crippen LogP contribution is -2.29. The third-order valence-electron chi connectivity index (χ3n) is 5.26. The second-order valence-electron chi connectivity index (χ2n) is 7.29.